The van der Waals surface area contributed by atoms with E-state index in [9.17, 15) is 0 Å². The summed E-state index contributed by atoms with van der Waals surface area (Å²) in [4.78, 5) is 1.17. The lowest BCUT2D eigenvalue weighted by Gasteiger charge is -2.81. The second-order valence-corrected chi connectivity index (χ2v) is 28.5. The summed E-state index contributed by atoms with van der Waals surface area (Å²) in [5, 5.41) is 1.34. The first-order chi connectivity index (χ1) is 15.9. The van der Waals surface area contributed by atoms with Crippen LogP contribution in [0.15, 0.2) is 12.2 Å². The zero-order chi connectivity index (χ0) is 23.5. The highest BCUT2D eigenvalue weighted by Gasteiger charge is 2.85. The van der Waals surface area contributed by atoms with Crippen molar-refractivity contribution >= 4 is 29.6 Å². The summed E-state index contributed by atoms with van der Waals surface area (Å²) < 4.78 is 0. The molecule has 0 radical (unpaired) electrons. The van der Waals surface area contributed by atoms with Crippen molar-refractivity contribution in [2.45, 2.75) is 137 Å². The van der Waals surface area contributed by atoms with E-state index in [4.69, 9.17) is 0 Å². The van der Waals surface area contributed by atoms with Gasteiger partial charge in [0.25, 0.3) is 0 Å². The van der Waals surface area contributed by atoms with E-state index in [0.717, 1.165) is 48.9 Å². The Morgan fingerprint density at radius 2 is 0.794 bits per heavy atom. The van der Waals surface area contributed by atoms with Gasteiger partial charge in [-0.15, -0.1) is 0 Å². The maximum absolute atomic E-state index is 3.11. The lowest BCUT2D eigenvalue weighted by Crippen LogP contribution is -2.78. The average Bonchev–Trinajstić information content (AvgIpc) is 3.01. The topological polar surface area (TPSA) is 0 Å². The third-order valence-electron chi connectivity index (χ3n) is 14.9. The molecule has 5 saturated heterocycles. The van der Waals surface area contributed by atoms with E-state index >= 15 is 0 Å². The SMILES string of the molecule is C[Si](C)(C)[C@]12C=C[C@@]([Si](C)(C)C)(B3CC4CC5CC(C4)CC31C5)C13CC4CC(CB12)CC(C4)C3. The van der Waals surface area contributed by atoms with E-state index < -0.39 is 16.1 Å². The van der Waals surface area contributed by atoms with Crippen molar-refractivity contribution in [3.63, 3.8) is 0 Å². The fourth-order valence-corrected chi connectivity index (χ4v) is 23.2. The predicted molar refractivity (Wildman–Crippen MR) is 155 cm³/mol. The predicted octanol–water partition coefficient (Wildman–Crippen LogP) is 8.96. The molecular weight excluding hydrogens is 438 g/mol. The van der Waals surface area contributed by atoms with E-state index in [-0.39, 0.29) is 0 Å². The van der Waals surface area contributed by atoms with E-state index in [0.29, 0.717) is 20.5 Å². The van der Waals surface area contributed by atoms with Crippen LogP contribution in [0.1, 0.15) is 64.2 Å². The summed E-state index contributed by atoms with van der Waals surface area (Å²) >= 11 is 0. The normalized spacial score (nSPS) is 56.5. The molecule has 0 N–H and O–H groups in total. The minimum atomic E-state index is -1.47. The molecule has 7 heterocycles. The van der Waals surface area contributed by atoms with Crippen LogP contribution in [0.25, 0.3) is 0 Å². The van der Waals surface area contributed by atoms with Gasteiger partial charge in [0, 0.05) is 16.1 Å². The van der Waals surface area contributed by atoms with Crippen molar-refractivity contribution in [2.75, 3.05) is 0 Å². The van der Waals surface area contributed by atoms with Crippen LogP contribution in [-0.4, -0.2) is 29.6 Å². The van der Waals surface area contributed by atoms with Crippen LogP contribution in [-0.2, 0) is 0 Å². The quantitative estimate of drug-likeness (QED) is 0.269. The maximum atomic E-state index is 3.11. The molecule has 184 valence electrons. The van der Waals surface area contributed by atoms with Crippen molar-refractivity contribution in [1.82, 2.24) is 0 Å². The van der Waals surface area contributed by atoms with Crippen LogP contribution in [0.3, 0.4) is 0 Å². The Kier molecular flexibility index (Phi) is 4.13. The van der Waals surface area contributed by atoms with Gasteiger partial charge in [-0.25, -0.2) is 0 Å². The standard InChI is InChI=1S/C30H50B2Si2/c1-33(2,3)29-7-8-30(34(4,5)6,28-17-23-10-24(18-28)14-25(13-23)19-31(28)29)32-20-26-11-21-9-22(12-26)16-27(29,32)15-21/h7-8,21-26H,9-20H2,1-6H3/t21?,22?,23?,24?,25?,26?,27?,28?,29-,30+. The van der Waals surface area contributed by atoms with Crippen LogP contribution < -0.4 is 0 Å². The van der Waals surface area contributed by atoms with Crippen LogP contribution in [0.2, 0.25) is 72.4 Å². The average molecular weight is 489 g/mol. The molecule has 6 atom stereocenters. The molecule has 2 spiro atoms. The van der Waals surface area contributed by atoms with Gasteiger partial charge in [0.2, 0.25) is 0 Å². The molecule has 4 saturated carbocycles. The van der Waals surface area contributed by atoms with Gasteiger partial charge in [-0.3, -0.25) is 0 Å². The fourth-order valence-electron chi connectivity index (χ4n) is 15.4. The Hall–Kier alpha value is 0.304. The zero-order valence-electron chi connectivity index (χ0n) is 23.3. The molecular formula is C30H50B2Si2. The Balaban J connectivity index is 1.49. The molecule has 9 fully saturated rings. The minimum absolute atomic E-state index is 0.585. The first-order valence-corrected chi connectivity index (χ1v) is 22.6. The van der Waals surface area contributed by atoms with E-state index in [2.05, 4.69) is 51.4 Å². The van der Waals surface area contributed by atoms with Gasteiger partial charge < -0.3 is 0 Å². The monoisotopic (exact) mass is 488 g/mol. The van der Waals surface area contributed by atoms with Gasteiger partial charge in [-0.1, -0.05) is 89.8 Å². The lowest BCUT2D eigenvalue weighted by molar-refractivity contribution is 0.100. The molecule has 0 nitrogen and oxygen atoms in total. The Morgan fingerprint density at radius 3 is 1.09 bits per heavy atom. The molecule has 0 aromatic heterocycles. The summed E-state index contributed by atoms with van der Waals surface area (Å²) in [6.45, 7) is 19.2. The molecule has 11 rings (SSSR count). The van der Waals surface area contributed by atoms with Gasteiger partial charge in [0.15, 0.2) is 13.4 Å². The minimum Gasteiger partial charge on any atom is -0.0927 e. The van der Waals surface area contributed by atoms with E-state index in [1.165, 1.54) is 0 Å². The summed E-state index contributed by atoms with van der Waals surface area (Å²) in [6.07, 6.45) is 25.8. The molecule has 4 aliphatic carbocycles. The third-order valence-corrected chi connectivity index (χ3v) is 21.9. The molecule has 10 bridgehead atoms. The van der Waals surface area contributed by atoms with Crippen LogP contribution in [0, 0.1) is 35.5 Å². The molecule has 4 unspecified atom stereocenters. The summed E-state index contributed by atoms with van der Waals surface area (Å²) in [7, 11) is -2.93. The molecule has 0 amide bonds. The largest absolute Gasteiger partial charge is 0.154 e. The van der Waals surface area contributed by atoms with Gasteiger partial charge >= 0.3 is 0 Å². The molecule has 0 aromatic carbocycles. The first kappa shape index (κ1) is 22.3. The number of allylic oxidation sites excluding steroid dienone is 2. The molecule has 7 aliphatic heterocycles. The van der Waals surface area contributed by atoms with E-state index in [1.54, 1.807) is 76.8 Å². The highest BCUT2D eigenvalue weighted by Crippen LogP contribution is 2.92. The Labute approximate surface area is 213 Å². The Morgan fingerprint density at radius 1 is 0.500 bits per heavy atom. The smallest absolute Gasteiger partial charge is 0.0927 e. The van der Waals surface area contributed by atoms with Crippen molar-refractivity contribution in [3.8, 4) is 0 Å². The molecule has 11 aliphatic rings. The van der Waals surface area contributed by atoms with Crippen LogP contribution >= 0.6 is 0 Å². The zero-order valence-corrected chi connectivity index (χ0v) is 25.3. The molecule has 0 aromatic rings. The maximum Gasteiger partial charge on any atom is 0.154 e. The van der Waals surface area contributed by atoms with Crippen molar-refractivity contribution in [1.29, 1.82) is 0 Å². The van der Waals surface area contributed by atoms with Crippen LogP contribution in [0.5, 0.6) is 0 Å². The fraction of sp³-hybridized carbons (Fsp3) is 0.933. The Bertz CT molecular complexity index is 856. The summed E-state index contributed by atoms with van der Waals surface area (Å²) in [6, 6.07) is 0. The summed E-state index contributed by atoms with van der Waals surface area (Å²) in [5.41, 5.74) is 0. The van der Waals surface area contributed by atoms with Gasteiger partial charge in [-0.2, -0.15) is 0 Å². The van der Waals surface area contributed by atoms with Gasteiger partial charge in [0.05, 0.1) is 0 Å². The first-order valence-electron chi connectivity index (χ1n) is 15.6. The molecule has 4 heteroatoms. The summed E-state index contributed by atoms with van der Waals surface area (Å²) in [5.74, 6) is 6.47. The number of hydrogen-bond donors (Lipinski definition) is 0. The second-order valence-electron chi connectivity index (χ2n) is 17.9. The van der Waals surface area contributed by atoms with Crippen molar-refractivity contribution < 1.29 is 0 Å². The highest BCUT2D eigenvalue weighted by molar-refractivity contribution is 7.05. The van der Waals surface area contributed by atoms with E-state index in [1.807, 2.05) is 0 Å². The number of hydrogen-bond acceptors (Lipinski definition) is 0. The molecule has 34 heavy (non-hydrogen) atoms. The lowest BCUT2D eigenvalue weighted by atomic mass is 8.99. The van der Waals surface area contributed by atoms with Gasteiger partial charge in [0.1, 0.15) is 0 Å². The number of rotatable bonds is 2. The van der Waals surface area contributed by atoms with Crippen molar-refractivity contribution in [2.24, 2.45) is 35.5 Å². The second kappa shape index (κ2) is 6.29. The third kappa shape index (κ3) is 2.22. The van der Waals surface area contributed by atoms with Crippen molar-refractivity contribution in [3.05, 3.63) is 12.2 Å². The van der Waals surface area contributed by atoms with Crippen LogP contribution in [0.4, 0.5) is 0 Å². The highest BCUT2D eigenvalue weighted by atomic mass is 28.3. The van der Waals surface area contributed by atoms with Gasteiger partial charge in [-0.05, 0) is 94.5 Å².